The Morgan fingerprint density at radius 1 is 1.50 bits per heavy atom. The third kappa shape index (κ3) is 2.29. The van der Waals surface area contributed by atoms with Crippen LogP contribution in [-0.4, -0.2) is 20.5 Å². The number of rotatable bonds is 4. The number of halogens is 1. The Kier molecular flexibility index (Phi) is 3.77. The summed E-state index contributed by atoms with van der Waals surface area (Å²) < 4.78 is 1.65. The third-order valence-corrected chi connectivity index (χ3v) is 2.97. The van der Waals surface area contributed by atoms with Gasteiger partial charge in [0, 0.05) is 24.0 Å². The lowest BCUT2D eigenvalue weighted by molar-refractivity contribution is 0.102. The number of carbonyl (C=O) groups is 1. The molecule has 0 aliphatic rings. The van der Waals surface area contributed by atoms with Crippen molar-refractivity contribution < 1.29 is 4.79 Å². The summed E-state index contributed by atoms with van der Waals surface area (Å²) in [6, 6.07) is 3.50. The zero-order chi connectivity index (χ0) is 13.1. The average Bonchev–Trinajstić information content (AvgIpc) is 2.71. The molecule has 0 amide bonds. The first-order chi connectivity index (χ1) is 8.65. The molecule has 0 saturated carbocycles. The van der Waals surface area contributed by atoms with Crippen molar-refractivity contribution in [2.24, 2.45) is 0 Å². The van der Waals surface area contributed by atoms with Gasteiger partial charge in [-0.15, -0.1) is 0 Å². The lowest BCUT2D eigenvalue weighted by atomic mass is 10.1. The molecule has 0 aromatic carbocycles. The van der Waals surface area contributed by atoms with Crippen LogP contribution < -0.4 is 0 Å². The second-order valence-corrected chi connectivity index (χ2v) is 4.44. The van der Waals surface area contributed by atoms with Crippen LogP contribution in [0.1, 0.15) is 35.1 Å². The van der Waals surface area contributed by atoms with Crippen LogP contribution in [0.25, 0.3) is 0 Å². The van der Waals surface area contributed by atoms with E-state index in [-0.39, 0.29) is 5.78 Å². The van der Waals surface area contributed by atoms with Crippen LogP contribution in [-0.2, 0) is 6.54 Å². The van der Waals surface area contributed by atoms with Gasteiger partial charge in [0.1, 0.15) is 5.69 Å². The Labute approximate surface area is 111 Å². The number of aryl methyl sites for hydroxylation is 2. The second-order valence-electron chi connectivity index (χ2n) is 4.03. The van der Waals surface area contributed by atoms with E-state index in [0.29, 0.717) is 28.5 Å². The average molecular weight is 264 g/mol. The molecule has 0 unspecified atom stereocenters. The molecule has 2 aromatic rings. The Hall–Kier alpha value is -1.68. The third-order valence-electron chi connectivity index (χ3n) is 2.70. The molecule has 4 nitrogen and oxygen atoms in total. The first kappa shape index (κ1) is 12.8. The zero-order valence-electron chi connectivity index (χ0n) is 10.4. The minimum Gasteiger partial charge on any atom is -0.287 e. The van der Waals surface area contributed by atoms with Crippen molar-refractivity contribution in [3.8, 4) is 0 Å². The molecule has 0 aliphatic carbocycles. The van der Waals surface area contributed by atoms with Crippen molar-refractivity contribution in [1.29, 1.82) is 0 Å². The standard InChI is InChI=1S/C13H14ClN3O/c1-3-7-17-12(11(14)8-16-17)13(18)10-5-4-6-15-9(10)2/h4-6,8H,3,7H2,1-2H3. The molecule has 0 spiro atoms. The fraction of sp³-hybridized carbons (Fsp3) is 0.308. The van der Waals surface area contributed by atoms with E-state index in [4.69, 9.17) is 11.6 Å². The van der Waals surface area contributed by atoms with Gasteiger partial charge in [0.2, 0.25) is 5.78 Å². The van der Waals surface area contributed by atoms with E-state index in [0.717, 1.165) is 6.42 Å². The molecule has 2 heterocycles. The van der Waals surface area contributed by atoms with E-state index < -0.39 is 0 Å². The SMILES string of the molecule is CCCn1ncc(Cl)c1C(=O)c1cccnc1C. The number of aromatic nitrogens is 3. The maximum absolute atomic E-state index is 12.5. The number of ketones is 1. The van der Waals surface area contributed by atoms with Gasteiger partial charge >= 0.3 is 0 Å². The van der Waals surface area contributed by atoms with Crippen molar-refractivity contribution in [1.82, 2.24) is 14.8 Å². The van der Waals surface area contributed by atoms with E-state index in [1.165, 1.54) is 6.20 Å². The van der Waals surface area contributed by atoms with Gasteiger partial charge in [-0.3, -0.25) is 14.5 Å². The Morgan fingerprint density at radius 3 is 2.94 bits per heavy atom. The predicted molar refractivity (Wildman–Crippen MR) is 69.9 cm³/mol. The van der Waals surface area contributed by atoms with E-state index in [2.05, 4.69) is 10.1 Å². The van der Waals surface area contributed by atoms with Crippen molar-refractivity contribution in [3.63, 3.8) is 0 Å². The van der Waals surface area contributed by atoms with Crippen LogP contribution in [0.15, 0.2) is 24.5 Å². The van der Waals surface area contributed by atoms with Gasteiger partial charge in [0.05, 0.1) is 11.2 Å². The van der Waals surface area contributed by atoms with Gasteiger partial charge in [0.15, 0.2) is 0 Å². The van der Waals surface area contributed by atoms with E-state index in [1.54, 1.807) is 23.0 Å². The summed E-state index contributed by atoms with van der Waals surface area (Å²) in [6.07, 6.45) is 4.07. The highest BCUT2D eigenvalue weighted by Crippen LogP contribution is 2.20. The van der Waals surface area contributed by atoms with Gasteiger partial charge in [-0.05, 0) is 25.5 Å². The highest BCUT2D eigenvalue weighted by Gasteiger charge is 2.20. The van der Waals surface area contributed by atoms with Crippen LogP contribution in [0.2, 0.25) is 5.02 Å². The molecular formula is C13H14ClN3O. The molecule has 0 aliphatic heterocycles. The summed E-state index contributed by atoms with van der Waals surface area (Å²) in [6.45, 7) is 4.51. The number of hydrogen-bond acceptors (Lipinski definition) is 3. The second kappa shape index (κ2) is 5.31. The predicted octanol–water partition coefficient (Wildman–Crippen LogP) is 2.88. The number of nitrogens with zero attached hydrogens (tertiary/aromatic N) is 3. The minimum atomic E-state index is -0.128. The van der Waals surface area contributed by atoms with Gasteiger partial charge < -0.3 is 0 Å². The van der Waals surface area contributed by atoms with Crippen LogP contribution in [0.4, 0.5) is 0 Å². The van der Waals surface area contributed by atoms with Crippen molar-refractivity contribution in [3.05, 3.63) is 46.5 Å². The van der Waals surface area contributed by atoms with Gasteiger partial charge in [-0.25, -0.2) is 0 Å². The quantitative estimate of drug-likeness (QED) is 0.797. The number of hydrogen-bond donors (Lipinski definition) is 0. The summed E-state index contributed by atoms with van der Waals surface area (Å²) >= 11 is 6.05. The topological polar surface area (TPSA) is 47.8 Å². The summed E-state index contributed by atoms with van der Waals surface area (Å²) in [7, 11) is 0. The lowest BCUT2D eigenvalue weighted by Gasteiger charge is -2.07. The molecule has 2 rings (SSSR count). The van der Waals surface area contributed by atoms with Crippen molar-refractivity contribution >= 4 is 17.4 Å². The first-order valence-corrected chi connectivity index (χ1v) is 6.20. The molecule has 2 aromatic heterocycles. The van der Waals surface area contributed by atoms with Gasteiger partial charge in [0.25, 0.3) is 0 Å². The highest BCUT2D eigenvalue weighted by atomic mass is 35.5. The van der Waals surface area contributed by atoms with Crippen LogP contribution in [0.5, 0.6) is 0 Å². The smallest absolute Gasteiger partial charge is 0.214 e. The van der Waals surface area contributed by atoms with Gasteiger partial charge in [-0.1, -0.05) is 18.5 Å². The van der Waals surface area contributed by atoms with E-state index in [1.807, 2.05) is 13.8 Å². The molecule has 94 valence electrons. The monoisotopic (exact) mass is 263 g/mol. The van der Waals surface area contributed by atoms with Crippen LogP contribution >= 0.6 is 11.6 Å². The first-order valence-electron chi connectivity index (χ1n) is 5.82. The van der Waals surface area contributed by atoms with Gasteiger partial charge in [-0.2, -0.15) is 5.10 Å². The van der Waals surface area contributed by atoms with E-state index in [9.17, 15) is 4.79 Å². The Morgan fingerprint density at radius 2 is 2.28 bits per heavy atom. The summed E-state index contributed by atoms with van der Waals surface area (Å²) in [5.41, 5.74) is 1.70. The van der Waals surface area contributed by atoms with Crippen LogP contribution in [0.3, 0.4) is 0 Å². The fourth-order valence-electron chi connectivity index (χ4n) is 1.82. The van der Waals surface area contributed by atoms with Crippen molar-refractivity contribution in [2.45, 2.75) is 26.8 Å². The molecule has 0 fully saturated rings. The summed E-state index contributed by atoms with van der Waals surface area (Å²) in [4.78, 5) is 16.6. The molecule has 0 atom stereocenters. The molecule has 5 heteroatoms. The normalized spacial score (nSPS) is 10.6. The maximum Gasteiger partial charge on any atom is 0.214 e. The molecule has 0 bridgehead atoms. The van der Waals surface area contributed by atoms with E-state index >= 15 is 0 Å². The molecule has 0 saturated heterocycles. The number of pyridine rings is 1. The van der Waals surface area contributed by atoms with Crippen molar-refractivity contribution in [2.75, 3.05) is 0 Å². The molecule has 0 radical (unpaired) electrons. The Balaban J connectivity index is 2.46. The summed E-state index contributed by atoms with van der Waals surface area (Å²) in [5.74, 6) is -0.128. The molecule has 0 N–H and O–H groups in total. The molecular weight excluding hydrogens is 250 g/mol. The fourth-order valence-corrected chi connectivity index (χ4v) is 2.05. The number of carbonyl (C=O) groups excluding carboxylic acids is 1. The zero-order valence-corrected chi connectivity index (χ0v) is 11.1. The minimum absolute atomic E-state index is 0.128. The Bertz CT molecular complexity index is 577. The van der Waals surface area contributed by atoms with Crippen LogP contribution in [0, 0.1) is 6.92 Å². The lowest BCUT2D eigenvalue weighted by Crippen LogP contribution is -2.13. The molecule has 18 heavy (non-hydrogen) atoms. The largest absolute Gasteiger partial charge is 0.287 e. The summed E-state index contributed by atoms with van der Waals surface area (Å²) in [5, 5.41) is 4.51. The highest BCUT2D eigenvalue weighted by molar-refractivity contribution is 6.34. The maximum atomic E-state index is 12.5.